The third kappa shape index (κ3) is 3.98. The second kappa shape index (κ2) is 6.36. The molecule has 20 heavy (non-hydrogen) atoms. The highest BCUT2D eigenvalue weighted by atomic mass is 79.9. The van der Waals surface area contributed by atoms with Crippen molar-refractivity contribution in [1.82, 2.24) is 0 Å². The Balaban J connectivity index is 2.08. The molecule has 3 unspecified atom stereocenters. The number of halogens is 3. The Morgan fingerprint density at radius 3 is 2.60 bits per heavy atom. The van der Waals surface area contributed by atoms with E-state index in [0.717, 1.165) is 18.8 Å². The predicted molar refractivity (Wildman–Crippen MR) is 87.7 cm³/mol. The summed E-state index contributed by atoms with van der Waals surface area (Å²) in [5, 5.41) is 0.248. The molecule has 1 aromatic carbocycles. The Morgan fingerprint density at radius 1 is 1.30 bits per heavy atom. The van der Waals surface area contributed by atoms with Crippen molar-refractivity contribution < 1.29 is 4.39 Å². The van der Waals surface area contributed by atoms with Crippen molar-refractivity contribution in [3.8, 4) is 0 Å². The molecule has 3 heteroatoms. The summed E-state index contributed by atoms with van der Waals surface area (Å²) >= 11 is 9.79. The van der Waals surface area contributed by atoms with Crippen LogP contribution < -0.4 is 0 Å². The van der Waals surface area contributed by atoms with E-state index < -0.39 is 0 Å². The van der Waals surface area contributed by atoms with Gasteiger partial charge in [-0.25, -0.2) is 4.39 Å². The predicted octanol–water partition coefficient (Wildman–Crippen LogP) is 6.20. The van der Waals surface area contributed by atoms with Crippen molar-refractivity contribution in [3.05, 3.63) is 34.1 Å². The minimum Gasteiger partial charge on any atom is -0.206 e. The van der Waals surface area contributed by atoms with E-state index in [-0.39, 0.29) is 11.2 Å². The molecule has 0 spiro atoms. The molecule has 0 saturated heterocycles. The van der Waals surface area contributed by atoms with Gasteiger partial charge in [0, 0.05) is 5.38 Å². The molecule has 0 aliphatic heterocycles. The molecule has 1 saturated carbocycles. The first kappa shape index (κ1) is 16.3. The third-order valence-corrected chi connectivity index (χ3v) is 5.78. The van der Waals surface area contributed by atoms with Gasteiger partial charge in [0.05, 0.1) is 4.47 Å². The fourth-order valence-corrected chi connectivity index (χ4v) is 3.94. The highest BCUT2D eigenvalue weighted by Crippen LogP contribution is 2.43. The van der Waals surface area contributed by atoms with Crippen LogP contribution in [0.2, 0.25) is 0 Å². The standard InChI is InChI=1S/C17H23BrClF/c1-17(2,3)13-5-6-15(19)12(10-13)8-11-4-7-16(20)14(18)9-11/h4,7,9,12-13,15H,5-6,8,10H2,1-3H3. The van der Waals surface area contributed by atoms with Gasteiger partial charge in [-0.05, 0) is 76.6 Å². The Morgan fingerprint density at radius 2 is 2.00 bits per heavy atom. The second-order valence-electron chi connectivity index (χ2n) is 7.10. The van der Waals surface area contributed by atoms with Gasteiger partial charge in [0.1, 0.15) is 5.82 Å². The van der Waals surface area contributed by atoms with E-state index >= 15 is 0 Å². The van der Waals surface area contributed by atoms with Crippen molar-refractivity contribution in [2.75, 3.05) is 0 Å². The molecular formula is C17H23BrClF. The Kier molecular flexibility index (Phi) is 5.18. The zero-order chi connectivity index (χ0) is 14.9. The third-order valence-electron chi connectivity index (χ3n) is 4.60. The van der Waals surface area contributed by atoms with Crippen LogP contribution in [0.3, 0.4) is 0 Å². The maximum Gasteiger partial charge on any atom is 0.137 e. The van der Waals surface area contributed by atoms with Crippen LogP contribution in [-0.2, 0) is 6.42 Å². The van der Waals surface area contributed by atoms with E-state index in [0.29, 0.717) is 15.8 Å². The summed E-state index contributed by atoms with van der Waals surface area (Å²) in [5.74, 6) is 1.02. The van der Waals surface area contributed by atoms with Gasteiger partial charge in [0.25, 0.3) is 0 Å². The first-order chi connectivity index (χ1) is 9.27. The van der Waals surface area contributed by atoms with Crippen molar-refractivity contribution in [2.24, 2.45) is 17.3 Å². The monoisotopic (exact) mass is 360 g/mol. The Hall–Kier alpha value is -0.0800. The minimum absolute atomic E-state index is 0.201. The van der Waals surface area contributed by atoms with Gasteiger partial charge in [-0.15, -0.1) is 11.6 Å². The molecule has 0 nitrogen and oxygen atoms in total. The molecule has 0 heterocycles. The molecule has 1 fully saturated rings. The Bertz CT molecular complexity index is 467. The van der Waals surface area contributed by atoms with Crippen molar-refractivity contribution in [2.45, 2.75) is 51.8 Å². The first-order valence-corrected chi connectivity index (χ1v) is 8.58. The lowest BCUT2D eigenvalue weighted by Gasteiger charge is -2.40. The lowest BCUT2D eigenvalue weighted by atomic mass is 9.68. The first-order valence-electron chi connectivity index (χ1n) is 7.35. The molecule has 0 radical (unpaired) electrons. The molecule has 112 valence electrons. The maximum atomic E-state index is 13.3. The molecule has 3 atom stereocenters. The van der Waals surface area contributed by atoms with Gasteiger partial charge >= 0.3 is 0 Å². The van der Waals surface area contributed by atoms with E-state index in [1.807, 2.05) is 12.1 Å². The fourth-order valence-electron chi connectivity index (χ4n) is 3.19. The van der Waals surface area contributed by atoms with Crippen molar-refractivity contribution in [1.29, 1.82) is 0 Å². The number of alkyl halides is 1. The molecule has 0 aromatic heterocycles. The van der Waals surface area contributed by atoms with Gasteiger partial charge in [0.2, 0.25) is 0 Å². The Labute approximate surface area is 135 Å². The summed E-state index contributed by atoms with van der Waals surface area (Å²) < 4.78 is 13.8. The van der Waals surface area contributed by atoms with Crippen LogP contribution in [0, 0.1) is 23.1 Å². The summed E-state index contributed by atoms with van der Waals surface area (Å²) in [6.07, 6.45) is 4.43. The zero-order valence-corrected chi connectivity index (χ0v) is 14.8. The number of hydrogen-bond acceptors (Lipinski definition) is 0. The van der Waals surface area contributed by atoms with Crippen molar-refractivity contribution in [3.63, 3.8) is 0 Å². The molecule has 0 bridgehead atoms. The SMILES string of the molecule is CC(C)(C)C1CCC(Cl)C(Cc2ccc(F)c(Br)c2)C1. The summed E-state index contributed by atoms with van der Waals surface area (Å²) in [6, 6.07) is 5.30. The lowest BCUT2D eigenvalue weighted by Crippen LogP contribution is -2.33. The van der Waals surface area contributed by atoms with Crippen LogP contribution in [0.5, 0.6) is 0 Å². The molecule has 0 N–H and O–H groups in total. The van der Waals surface area contributed by atoms with E-state index in [9.17, 15) is 4.39 Å². The van der Waals surface area contributed by atoms with Crippen LogP contribution in [0.4, 0.5) is 4.39 Å². The van der Waals surface area contributed by atoms with Crippen molar-refractivity contribution >= 4 is 27.5 Å². The van der Waals surface area contributed by atoms with Gasteiger partial charge in [-0.1, -0.05) is 26.8 Å². The summed E-state index contributed by atoms with van der Waals surface area (Å²) in [5.41, 5.74) is 1.52. The average molecular weight is 362 g/mol. The van der Waals surface area contributed by atoms with E-state index in [2.05, 4.69) is 36.7 Å². The van der Waals surface area contributed by atoms with E-state index in [1.54, 1.807) is 0 Å². The molecule has 1 aliphatic carbocycles. The number of hydrogen-bond donors (Lipinski definition) is 0. The molecular weight excluding hydrogens is 339 g/mol. The largest absolute Gasteiger partial charge is 0.206 e. The normalized spacial score (nSPS) is 27.6. The van der Waals surface area contributed by atoms with Crippen LogP contribution in [0.25, 0.3) is 0 Å². The molecule has 2 rings (SSSR count). The second-order valence-corrected chi connectivity index (χ2v) is 8.52. The van der Waals surface area contributed by atoms with Gasteiger partial charge in [-0.2, -0.15) is 0 Å². The quantitative estimate of drug-likeness (QED) is 0.550. The summed E-state index contributed by atoms with van der Waals surface area (Å²) in [7, 11) is 0. The van der Waals surface area contributed by atoms with Crippen LogP contribution >= 0.6 is 27.5 Å². The molecule has 1 aromatic rings. The minimum atomic E-state index is -0.201. The van der Waals surface area contributed by atoms with Crippen LogP contribution in [-0.4, -0.2) is 5.38 Å². The number of rotatable bonds is 2. The smallest absolute Gasteiger partial charge is 0.137 e. The van der Waals surface area contributed by atoms with Gasteiger partial charge in [-0.3, -0.25) is 0 Å². The highest BCUT2D eigenvalue weighted by Gasteiger charge is 2.35. The number of benzene rings is 1. The lowest BCUT2D eigenvalue weighted by molar-refractivity contribution is 0.144. The molecule has 0 amide bonds. The fraction of sp³-hybridized carbons (Fsp3) is 0.647. The van der Waals surface area contributed by atoms with E-state index in [4.69, 9.17) is 11.6 Å². The zero-order valence-electron chi connectivity index (χ0n) is 12.4. The molecule has 1 aliphatic rings. The summed E-state index contributed by atoms with van der Waals surface area (Å²) in [4.78, 5) is 0. The van der Waals surface area contributed by atoms with E-state index in [1.165, 1.54) is 24.5 Å². The van der Waals surface area contributed by atoms with Crippen LogP contribution in [0.15, 0.2) is 22.7 Å². The average Bonchev–Trinajstić information content (AvgIpc) is 2.35. The van der Waals surface area contributed by atoms with Crippen LogP contribution in [0.1, 0.15) is 45.6 Å². The highest BCUT2D eigenvalue weighted by molar-refractivity contribution is 9.10. The maximum absolute atomic E-state index is 13.3. The van der Waals surface area contributed by atoms with Gasteiger partial charge < -0.3 is 0 Å². The topological polar surface area (TPSA) is 0 Å². The van der Waals surface area contributed by atoms with Gasteiger partial charge in [0.15, 0.2) is 0 Å². The summed E-state index contributed by atoms with van der Waals surface area (Å²) in [6.45, 7) is 6.95.